The first-order chi connectivity index (χ1) is 9.04. The molecule has 0 spiro atoms. The first kappa shape index (κ1) is 13.5. The van der Waals surface area contributed by atoms with Gasteiger partial charge in [-0.05, 0) is 48.8 Å². The molecule has 0 aliphatic rings. The third-order valence-corrected chi connectivity index (χ3v) is 3.25. The minimum atomic E-state index is -0.594. The molecule has 1 heterocycles. The van der Waals surface area contributed by atoms with Crippen LogP contribution in [-0.4, -0.2) is 16.3 Å². The van der Waals surface area contributed by atoms with E-state index in [9.17, 15) is 9.59 Å². The molecule has 7 heteroatoms. The van der Waals surface area contributed by atoms with Gasteiger partial charge in [-0.1, -0.05) is 11.6 Å². The van der Waals surface area contributed by atoms with E-state index in [1.165, 1.54) is 0 Å². The molecule has 0 atom stereocenters. The number of hydrogen-bond donors (Lipinski definition) is 2. The minimum Gasteiger partial charge on any atom is -0.298 e. The Morgan fingerprint density at radius 1 is 1.26 bits per heavy atom. The van der Waals surface area contributed by atoms with Gasteiger partial charge in [0.1, 0.15) is 5.00 Å². The highest BCUT2D eigenvalue weighted by Gasteiger charge is 2.11. The van der Waals surface area contributed by atoms with Crippen molar-refractivity contribution in [3.8, 4) is 0 Å². The molecule has 0 aliphatic carbocycles. The topological polar surface area (TPSA) is 71.1 Å². The highest BCUT2D eigenvalue weighted by molar-refractivity contribution is 7.10. The van der Waals surface area contributed by atoms with Crippen LogP contribution in [0.25, 0.3) is 0 Å². The maximum absolute atomic E-state index is 11.7. The van der Waals surface area contributed by atoms with Crippen molar-refractivity contribution in [2.45, 2.75) is 6.92 Å². The number of carbonyl (C=O) groups excluding carboxylic acids is 2. The van der Waals surface area contributed by atoms with Crippen molar-refractivity contribution in [3.63, 3.8) is 0 Å². The number of imide groups is 1. The monoisotopic (exact) mass is 295 g/mol. The number of anilines is 1. The molecule has 0 saturated heterocycles. The van der Waals surface area contributed by atoms with Crippen LogP contribution in [0.2, 0.25) is 5.02 Å². The third kappa shape index (κ3) is 3.77. The second kappa shape index (κ2) is 5.81. The lowest BCUT2D eigenvalue weighted by molar-refractivity contribution is 0.0967. The molecule has 1 aromatic carbocycles. The van der Waals surface area contributed by atoms with Gasteiger partial charge in [0.15, 0.2) is 0 Å². The normalized spacial score (nSPS) is 10.0. The van der Waals surface area contributed by atoms with Crippen LogP contribution >= 0.6 is 23.1 Å². The predicted molar refractivity (Wildman–Crippen MR) is 74.8 cm³/mol. The molecule has 0 fully saturated rings. The summed E-state index contributed by atoms with van der Waals surface area (Å²) in [6.45, 7) is 1.82. The number of hydrogen-bond acceptors (Lipinski definition) is 4. The molecule has 0 radical (unpaired) electrons. The Hall–Kier alpha value is -1.92. The Labute approximate surface area is 118 Å². The predicted octanol–water partition coefficient (Wildman–Crippen LogP) is 3.07. The van der Waals surface area contributed by atoms with E-state index >= 15 is 0 Å². The first-order valence-corrected chi connectivity index (χ1v) is 6.51. The number of rotatable bonds is 2. The number of nitrogens with one attached hydrogen (secondary N) is 2. The summed E-state index contributed by atoms with van der Waals surface area (Å²) in [6, 6.07) is 7.38. The van der Waals surface area contributed by atoms with Crippen LogP contribution in [0.1, 0.15) is 16.1 Å². The van der Waals surface area contributed by atoms with Crippen molar-refractivity contribution in [3.05, 3.63) is 46.6 Å². The fourth-order valence-electron chi connectivity index (χ4n) is 1.34. The van der Waals surface area contributed by atoms with Gasteiger partial charge in [0.25, 0.3) is 5.91 Å². The molecule has 5 nitrogen and oxygen atoms in total. The van der Waals surface area contributed by atoms with Gasteiger partial charge in [0, 0.05) is 10.6 Å². The van der Waals surface area contributed by atoms with E-state index in [0.717, 1.165) is 17.2 Å². The van der Waals surface area contributed by atoms with Crippen molar-refractivity contribution in [2.24, 2.45) is 0 Å². The van der Waals surface area contributed by atoms with Crippen molar-refractivity contribution in [2.75, 3.05) is 5.32 Å². The molecule has 0 unspecified atom stereocenters. The van der Waals surface area contributed by atoms with E-state index in [1.54, 1.807) is 30.3 Å². The van der Waals surface area contributed by atoms with Crippen LogP contribution in [0, 0.1) is 6.92 Å². The summed E-state index contributed by atoms with van der Waals surface area (Å²) >= 11 is 6.87. The van der Waals surface area contributed by atoms with Crippen LogP contribution in [0.5, 0.6) is 0 Å². The van der Waals surface area contributed by atoms with Crippen molar-refractivity contribution < 1.29 is 9.59 Å². The lowest BCUT2D eigenvalue weighted by Gasteiger charge is -2.04. The molecule has 98 valence electrons. The summed E-state index contributed by atoms with van der Waals surface area (Å²) in [5.74, 6) is -0.490. The quantitative estimate of drug-likeness (QED) is 0.894. The molecule has 0 aliphatic heterocycles. The maximum atomic E-state index is 11.7. The number of carbonyl (C=O) groups is 2. The van der Waals surface area contributed by atoms with E-state index in [0.29, 0.717) is 15.6 Å². The number of aryl methyl sites for hydroxylation is 1. The molecular formula is C12H10ClN3O2S. The van der Waals surface area contributed by atoms with Gasteiger partial charge in [-0.3, -0.25) is 15.4 Å². The molecule has 2 rings (SSSR count). The number of nitrogens with zero attached hydrogens (tertiary/aromatic N) is 1. The highest BCUT2D eigenvalue weighted by atomic mass is 35.5. The first-order valence-electron chi connectivity index (χ1n) is 5.36. The Balaban J connectivity index is 1.95. The second-order valence-electron chi connectivity index (χ2n) is 3.75. The summed E-state index contributed by atoms with van der Waals surface area (Å²) < 4.78 is 4.02. The van der Waals surface area contributed by atoms with E-state index in [1.807, 2.05) is 6.92 Å². The van der Waals surface area contributed by atoms with Crippen LogP contribution in [0.15, 0.2) is 30.3 Å². The highest BCUT2D eigenvalue weighted by Crippen LogP contribution is 2.15. The van der Waals surface area contributed by atoms with Gasteiger partial charge >= 0.3 is 6.03 Å². The smallest absolute Gasteiger partial charge is 0.298 e. The van der Waals surface area contributed by atoms with E-state index in [-0.39, 0.29) is 0 Å². The number of urea groups is 1. The largest absolute Gasteiger partial charge is 0.326 e. The maximum Gasteiger partial charge on any atom is 0.326 e. The fourth-order valence-corrected chi connectivity index (χ4v) is 2.12. The molecular weight excluding hydrogens is 286 g/mol. The van der Waals surface area contributed by atoms with Crippen LogP contribution in [0.3, 0.4) is 0 Å². The van der Waals surface area contributed by atoms with Gasteiger partial charge in [-0.15, -0.1) is 0 Å². The van der Waals surface area contributed by atoms with E-state index in [2.05, 4.69) is 15.0 Å². The second-order valence-corrected chi connectivity index (χ2v) is 4.99. The van der Waals surface area contributed by atoms with Crippen LogP contribution in [-0.2, 0) is 0 Å². The summed E-state index contributed by atoms with van der Waals surface area (Å²) in [5.41, 5.74) is 1.17. The Bertz CT molecular complexity index is 610. The van der Waals surface area contributed by atoms with Gasteiger partial charge in [-0.25, -0.2) is 4.79 Å². The molecule has 2 N–H and O–H groups in total. The average molecular weight is 296 g/mol. The van der Waals surface area contributed by atoms with Crippen molar-refractivity contribution in [1.82, 2.24) is 9.69 Å². The zero-order chi connectivity index (χ0) is 13.8. The summed E-state index contributed by atoms with van der Waals surface area (Å²) in [5, 5.41) is 5.87. The Morgan fingerprint density at radius 2 is 1.95 bits per heavy atom. The molecule has 0 bridgehead atoms. The SMILES string of the molecule is Cc1cc(NC(=O)NC(=O)c2ccc(Cl)cc2)sn1. The summed E-state index contributed by atoms with van der Waals surface area (Å²) in [4.78, 5) is 23.3. The molecule has 19 heavy (non-hydrogen) atoms. The van der Waals surface area contributed by atoms with Crippen molar-refractivity contribution in [1.29, 1.82) is 0 Å². The summed E-state index contributed by atoms with van der Waals surface area (Å²) in [7, 11) is 0. The number of benzene rings is 1. The Morgan fingerprint density at radius 3 is 2.53 bits per heavy atom. The zero-order valence-corrected chi connectivity index (χ0v) is 11.5. The van der Waals surface area contributed by atoms with Gasteiger partial charge < -0.3 is 0 Å². The van der Waals surface area contributed by atoms with E-state index in [4.69, 9.17) is 11.6 Å². The number of halogens is 1. The molecule has 2 aromatic rings. The molecule has 0 saturated carbocycles. The van der Waals surface area contributed by atoms with Gasteiger partial charge in [0.05, 0.1) is 5.69 Å². The fraction of sp³-hybridized carbons (Fsp3) is 0.0833. The lowest BCUT2D eigenvalue weighted by atomic mass is 10.2. The average Bonchev–Trinajstić information content (AvgIpc) is 2.75. The van der Waals surface area contributed by atoms with E-state index < -0.39 is 11.9 Å². The standard InChI is InChI=1S/C12H10ClN3O2S/c1-7-6-10(19-16-7)14-12(18)15-11(17)8-2-4-9(13)5-3-8/h2-6H,1H3,(H2,14,15,17,18). The molecule has 1 aromatic heterocycles. The van der Waals surface area contributed by atoms with Crippen LogP contribution < -0.4 is 10.6 Å². The third-order valence-electron chi connectivity index (χ3n) is 2.20. The van der Waals surface area contributed by atoms with Gasteiger partial charge in [-0.2, -0.15) is 4.37 Å². The number of amides is 3. The Kier molecular flexibility index (Phi) is 4.13. The van der Waals surface area contributed by atoms with Crippen LogP contribution in [0.4, 0.5) is 9.80 Å². The lowest BCUT2D eigenvalue weighted by Crippen LogP contribution is -2.34. The minimum absolute atomic E-state index is 0.361. The number of aromatic nitrogens is 1. The zero-order valence-electron chi connectivity index (χ0n) is 9.94. The van der Waals surface area contributed by atoms with Gasteiger partial charge in [0.2, 0.25) is 0 Å². The van der Waals surface area contributed by atoms with Crippen molar-refractivity contribution >= 4 is 40.1 Å². The molecule has 3 amide bonds. The summed E-state index contributed by atoms with van der Waals surface area (Å²) in [6.07, 6.45) is 0.